The Morgan fingerprint density at radius 1 is 1.31 bits per heavy atom. The molecule has 0 spiro atoms. The first-order chi connectivity index (χ1) is 7.65. The van der Waals surface area contributed by atoms with E-state index in [1.807, 2.05) is 6.92 Å². The molecular weight excluding hydrogens is 275 g/mol. The third kappa shape index (κ3) is 2.64. The predicted octanol–water partition coefficient (Wildman–Crippen LogP) is 4.07. The first-order valence-electron chi connectivity index (χ1n) is 4.78. The average molecular weight is 285 g/mol. The molecule has 1 aromatic carbocycles. The summed E-state index contributed by atoms with van der Waals surface area (Å²) < 4.78 is 24.4. The minimum absolute atomic E-state index is 0.288. The molecule has 2 aromatic rings. The van der Waals surface area contributed by atoms with Crippen LogP contribution in [0.15, 0.2) is 39.4 Å². The Kier molecular flexibility index (Phi) is 3.29. The van der Waals surface area contributed by atoms with Crippen LogP contribution in [0.2, 0.25) is 0 Å². The number of furan rings is 1. The molecule has 1 aromatic heterocycles. The summed E-state index contributed by atoms with van der Waals surface area (Å²) in [6.45, 7) is 2.16. The molecule has 0 aliphatic carbocycles. The van der Waals surface area contributed by atoms with Gasteiger partial charge in [0.25, 0.3) is 0 Å². The van der Waals surface area contributed by atoms with Gasteiger partial charge in [0.2, 0.25) is 0 Å². The van der Waals surface area contributed by atoms with Crippen LogP contribution in [0.25, 0.3) is 0 Å². The molecule has 0 aliphatic heterocycles. The molecule has 2 rings (SSSR count). The lowest BCUT2D eigenvalue weighted by Crippen LogP contribution is -1.96. The summed E-state index contributed by atoms with van der Waals surface area (Å²) in [5.74, 6) is 0.921. The summed E-state index contributed by atoms with van der Waals surface area (Å²) in [5, 5.41) is 0. The number of rotatable bonds is 3. The largest absolute Gasteiger partial charge is 0.485 e. The quantitative estimate of drug-likeness (QED) is 0.848. The lowest BCUT2D eigenvalue weighted by Gasteiger charge is -2.07. The van der Waals surface area contributed by atoms with Crippen LogP contribution >= 0.6 is 15.9 Å². The molecule has 84 valence electrons. The highest BCUT2D eigenvalue weighted by molar-refractivity contribution is 9.10. The fourth-order valence-corrected chi connectivity index (χ4v) is 1.65. The highest BCUT2D eigenvalue weighted by atomic mass is 79.9. The molecule has 0 radical (unpaired) electrons. The van der Waals surface area contributed by atoms with Crippen LogP contribution in [0.4, 0.5) is 4.39 Å². The Morgan fingerprint density at radius 2 is 2.12 bits per heavy atom. The average Bonchev–Trinajstić information content (AvgIpc) is 2.66. The van der Waals surface area contributed by atoms with Gasteiger partial charge in [-0.15, -0.1) is 0 Å². The third-order valence-electron chi connectivity index (χ3n) is 2.15. The van der Waals surface area contributed by atoms with Crippen molar-refractivity contribution in [3.05, 3.63) is 52.1 Å². The van der Waals surface area contributed by atoms with Crippen LogP contribution in [-0.4, -0.2) is 0 Å². The molecule has 4 heteroatoms. The van der Waals surface area contributed by atoms with Crippen LogP contribution in [0.1, 0.15) is 11.3 Å². The van der Waals surface area contributed by atoms with E-state index < -0.39 is 0 Å². The van der Waals surface area contributed by atoms with E-state index in [9.17, 15) is 4.39 Å². The van der Waals surface area contributed by atoms with E-state index in [-0.39, 0.29) is 12.4 Å². The monoisotopic (exact) mass is 284 g/mol. The first-order valence-corrected chi connectivity index (χ1v) is 5.57. The number of halogens is 2. The molecule has 0 amide bonds. The van der Waals surface area contributed by atoms with Crippen LogP contribution in [-0.2, 0) is 6.61 Å². The summed E-state index contributed by atoms with van der Waals surface area (Å²) in [6, 6.07) is 8.05. The molecule has 0 saturated heterocycles. The maximum Gasteiger partial charge on any atom is 0.169 e. The van der Waals surface area contributed by atoms with Gasteiger partial charge in [-0.1, -0.05) is 6.07 Å². The van der Waals surface area contributed by atoms with Crippen LogP contribution in [0.3, 0.4) is 0 Å². The summed E-state index contributed by atoms with van der Waals surface area (Å²) in [4.78, 5) is 0. The molecule has 0 N–H and O–H groups in total. The number of hydrogen-bond acceptors (Lipinski definition) is 2. The normalized spacial score (nSPS) is 10.4. The topological polar surface area (TPSA) is 22.4 Å². The fraction of sp³-hybridized carbons (Fsp3) is 0.167. The van der Waals surface area contributed by atoms with E-state index in [1.165, 1.54) is 12.1 Å². The summed E-state index contributed by atoms with van der Waals surface area (Å²) >= 11 is 3.20. The highest BCUT2D eigenvalue weighted by Gasteiger charge is 2.04. The van der Waals surface area contributed by atoms with Gasteiger partial charge in [0.05, 0.1) is 0 Å². The zero-order chi connectivity index (χ0) is 11.5. The number of aryl methyl sites for hydroxylation is 1. The van der Waals surface area contributed by atoms with E-state index >= 15 is 0 Å². The maximum absolute atomic E-state index is 13.0. The van der Waals surface area contributed by atoms with E-state index in [2.05, 4.69) is 15.9 Å². The number of ether oxygens (including phenoxy) is 1. The minimum atomic E-state index is -0.304. The Labute approximate surface area is 101 Å². The Hall–Kier alpha value is -1.29. The van der Waals surface area contributed by atoms with Gasteiger partial charge in [0, 0.05) is 6.07 Å². The lowest BCUT2D eigenvalue weighted by atomic mass is 10.2. The molecule has 2 nitrogen and oxygen atoms in total. The van der Waals surface area contributed by atoms with Crippen LogP contribution in [0.5, 0.6) is 5.75 Å². The first kappa shape index (κ1) is 11.2. The summed E-state index contributed by atoms with van der Waals surface area (Å²) in [7, 11) is 0. The molecule has 0 aliphatic rings. The smallest absolute Gasteiger partial charge is 0.169 e. The molecule has 0 atom stereocenters. The van der Waals surface area contributed by atoms with E-state index in [4.69, 9.17) is 9.15 Å². The maximum atomic E-state index is 13.0. The molecule has 16 heavy (non-hydrogen) atoms. The van der Waals surface area contributed by atoms with Crippen molar-refractivity contribution in [3.63, 3.8) is 0 Å². The van der Waals surface area contributed by atoms with Crippen molar-refractivity contribution in [1.29, 1.82) is 0 Å². The molecule has 0 unspecified atom stereocenters. The van der Waals surface area contributed by atoms with Crippen LogP contribution in [0, 0.1) is 12.7 Å². The molecule has 0 bridgehead atoms. The number of hydrogen-bond donors (Lipinski definition) is 0. The van der Waals surface area contributed by atoms with E-state index in [0.717, 1.165) is 5.56 Å². The van der Waals surface area contributed by atoms with Gasteiger partial charge < -0.3 is 9.15 Å². The second kappa shape index (κ2) is 4.70. The number of benzene rings is 1. The highest BCUT2D eigenvalue weighted by Crippen LogP contribution is 2.21. The standard InChI is InChI=1S/C12H10BrFO2/c1-8-2-3-9(14)6-11(8)15-7-10-4-5-12(13)16-10/h2-6H,7H2,1H3. The van der Waals surface area contributed by atoms with Crippen molar-refractivity contribution in [2.75, 3.05) is 0 Å². The van der Waals surface area contributed by atoms with Gasteiger partial charge in [-0.3, -0.25) is 0 Å². The van der Waals surface area contributed by atoms with Gasteiger partial charge in [-0.2, -0.15) is 0 Å². The van der Waals surface area contributed by atoms with E-state index in [1.54, 1.807) is 18.2 Å². The van der Waals surface area contributed by atoms with Crippen molar-refractivity contribution in [1.82, 2.24) is 0 Å². The van der Waals surface area contributed by atoms with Gasteiger partial charge in [-0.25, -0.2) is 4.39 Å². The van der Waals surface area contributed by atoms with Gasteiger partial charge in [0.15, 0.2) is 4.67 Å². The Balaban J connectivity index is 2.07. The van der Waals surface area contributed by atoms with Gasteiger partial charge >= 0.3 is 0 Å². The Bertz CT molecular complexity index is 494. The zero-order valence-corrected chi connectivity index (χ0v) is 10.3. The van der Waals surface area contributed by atoms with Crippen LogP contribution < -0.4 is 4.74 Å². The SMILES string of the molecule is Cc1ccc(F)cc1OCc1ccc(Br)o1. The van der Waals surface area contributed by atoms with E-state index in [0.29, 0.717) is 16.2 Å². The van der Waals surface area contributed by atoms with Gasteiger partial charge in [-0.05, 0) is 46.6 Å². The third-order valence-corrected chi connectivity index (χ3v) is 2.58. The van der Waals surface area contributed by atoms with Crippen molar-refractivity contribution >= 4 is 15.9 Å². The Morgan fingerprint density at radius 3 is 2.81 bits per heavy atom. The molecular formula is C12H10BrFO2. The van der Waals surface area contributed by atoms with Crippen molar-refractivity contribution in [2.24, 2.45) is 0 Å². The van der Waals surface area contributed by atoms with Crippen molar-refractivity contribution in [3.8, 4) is 5.75 Å². The fourth-order valence-electron chi connectivity index (χ4n) is 1.31. The predicted molar refractivity (Wildman–Crippen MR) is 61.9 cm³/mol. The zero-order valence-electron chi connectivity index (χ0n) is 8.67. The summed E-state index contributed by atoms with van der Waals surface area (Å²) in [6.07, 6.45) is 0. The molecule has 1 heterocycles. The second-order valence-corrected chi connectivity index (χ2v) is 4.19. The molecule has 0 saturated carbocycles. The van der Waals surface area contributed by atoms with Gasteiger partial charge in [0.1, 0.15) is 23.9 Å². The molecule has 0 fully saturated rings. The second-order valence-electron chi connectivity index (χ2n) is 3.40. The summed E-state index contributed by atoms with van der Waals surface area (Å²) in [5.41, 5.74) is 0.895. The van der Waals surface area contributed by atoms with Crippen molar-refractivity contribution in [2.45, 2.75) is 13.5 Å². The van der Waals surface area contributed by atoms with Crippen molar-refractivity contribution < 1.29 is 13.5 Å². The minimum Gasteiger partial charge on any atom is -0.485 e. The lowest BCUT2D eigenvalue weighted by molar-refractivity contribution is 0.265.